The highest BCUT2D eigenvalue weighted by atomic mass is 16.6. The Bertz CT molecular complexity index is 494. The Kier molecular flexibility index (Phi) is 5.42. The van der Waals surface area contributed by atoms with Crippen LogP contribution in [0.2, 0.25) is 0 Å². The Labute approximate surface area is 132 Å². The summed E-state index contributed by atoms with van der Waals surface area (Å²) >= 11 is 0. The summed E-state index contributed by atoms with van der Waals surface area (Å²) in [5.74, 6) is 0. The lowest BCUT2D eigenvalue weighted by Crippen LogP contribution is -2.38. The highest BCUT2D eigenvalue weighted by Crippen LogP contribution is 2.15. The van der Waals surface area contributed by atoms with Gasteiger partial charge in [-0.05, 0) is 38.3 Å². The predicted molar refractivity (Wildman–Crippen MR) is 85.4 cm³/mol. The fourth-order valence-corrected chi connectivity index (χ4v) is 2.44. The van der Waals surface area contributed by atoms with Crippen molar-refractivity contribution in [2.75, 3.05) is 13.1 Å². The minimum Gasteiger partial charge on any atom is -0.444 e. The standard InChI is InChI=1S/C17H26N2O3/c1-17(2,3)22-16(21)19-9-8-15(11-19)18-10-13-4-6-14(12-20)7-5-13/h4-7,15,18,20H,8-12H2,1-3H3. The number of likely N-dealkylation sites (tertiary alicyclic amines) is 1. The van der Waals surface area contributed by atoms with Crippen LogP contribution in [0.1, 0.15) is 38.3 Å². The number of hydrogen-bond donors (Lipinski definition) is 2. The number of benzene rings is 1. The van der Waals surface area contributed by atoms with Crippen LogP contribution in [0, 0.1) is 0 Å². The number of nitrogens with one attached hydrogen (secondary N) is 1. The van der Waals surface area contributed by atoms with Gasteiger partial charge in [0.2, 0.25) is 0 Å². The summed E-state index contributed by atoms with van der Waals surface area (Å²) in [5.41, 5.74) is 1.64. The first-order valence-corrected chi connectivity index (χ1v) is 7.77. The largest absolute Gasteiger partial charge is 0.444 e. The molecule has 1 amide bonds. The van der Waals surface area contributed by atoms with E-state index in [0.717, 1.165) is 25.1 Å². The minimum absolute atomic E-state index is 0.0706. The second-order valence-corrected chi connectivity index (χ2v) is 6.77. The van der Waals surface area contributed by atoms with Gasteiger partial charge in [-0.1, -0.05) is 24.3 Å². The van der Waals surface area contributed by atoms with Crippen molar-refractivity contribution in [3.8, 4) is 0 Å². The zero-order chi connectivity index (χ0) is 16.2. The number of hydrogen-bond acceptors (Lipinski definition) is 4. The molecule has 0 aromatic heterocycles. The van der Waals surface area contributed by atoms with Crippen LogP contribution in [0.15, 0.2) is 24.3 Å². The van der Waals surface area contributed by atoms with Crippen molar-refractivity contribution in [1.29, 1.82) is 0 Å². The van der Waals surface area contributed by atoms with Crippen LogP contribution in [0.4, 0.5) is 4.79 Å². The van der Waals surface area contributed by atoms with Crippen LogP contribution in [0.3, 0.4) is 0 Å². The van der Waals surface area contributed by atoms with Crippen molar-refractivity contribution in [1.82, 2.24) is 10.2 Å². The van der Waals surface area contributed by atoms with Crippen molar-refractivity contribution in [2.45, 2.75) is 52.0 Å². The molecule has 1 aliphatic rings. The molecular formula is C17H26N2O3. The highest BCUT2D eigenvalue weighted by Gasteiger charge is 2.29. The molecule has 0 spiro atoms. The average Bonchev–Trinajstić information content (AvgIpc) is 2.93. The molecule has 1 aliphatic heterocycles. The van der Waals surface area contributed by atoms with E-state index in [1.807, 2.05) is 45.0 Å². The summed E-state index contributed by atoms with van der Waals surface area (Å²) in [4.78, 5) is 13.8. The lowest BCUT2D eigenvalue weighted by molar-refractivity contribution is 0.0291. The van der Waals surface area contributed by atoms with Crippen LogP contribution >= 0.6 is 0 Å². The molecule has 1 aromatic carbocycles. The molecule has 1 saturated heterocycles. The van der Waals surface area contributed by atoms with E-state index >= 15 is 0 Å². The van der Waals surface area contributed by atoms with Gasteiger partial charge >= 0.3 is 6.09 Å². The third-order valence-corrected chi connectivity index (χ3v) is 3.64. The summed E-state index contributed by atoms with van der Waals surface area (Å²) in [6.07, 6.45) is 0.706. The molecule has 1 aromatic rings. The highest BCUT2D eigenvalue weighted by molar-refractivity contribution is 5.68. The van der Waals surface area contributed by atoms with Gasteiger partial charge in [-0.3, -0.25) is 0 Å². The maximum absolute atomic E-state index is 12.0. The summed E-state index contributed by atoms with van der Waals surface area (Å²) in [6, 6.07) is 8.18. The van der Waals surface area contributed by atoms with Gasteiger partial charge in [0.15, 0.2) is 0 Å². The van der Waals surface area contributed by atoms with E-state index in [9.17, 15) is 4.79 Å². The Balaban J connectivity index is 1.77. The zero-order valence-corrected chi connectivity index (χ0v) is 13.6. The van der Waals surface area contributed by atoms with Crippen molar-refractivity contribution < 1.29 is 14.6 Å². The smallest absolute Gasteiger partial charge is 0.410 e. The Morgan fingerprint density at radius 1 is 1.32 bits per heavy atom. The van der Waals surface area contributed by atoms with E-state index in [4.69, 9.17) is 9.84 Å². The van der Waals surface area contributed by atoms with Gasteiger partial charge in [0.1, 0.15) is 5.60 Å². The molecule has 0 aliphatic carbocycles. The third-order valence-electron chi connectivity index (χ3n) is 3.64. The van der Waals surface area contributed by atoms with E-state index < -0.39 is 5.60 Å². The number of nitrogens with zero attached hydrogens (tertiary/aromatic N) is 1. The van der Waals surface area contributed by atoms with Gasteiger partial charge in [-0.2, -0.15) is 0 Å². The average molecular weight is 306 g/mol. The molecule has 0 radical (unpaired) electrons. The van der Waals surface area contributed by atoms with Crippen molar-refractivity contribution in [3.05, 3.63) is 35.4 Å². The predicted octanol–water partition coefficient (Wildman–Crippen LogP) is 2.28. The van der Waals surface area contributed by atoms with Crippen LogP contribution < -0.4 is 5.32 Å². The molecule has 1 heterocycles. The fraction of sp³-hybridized carbons (Fsp3) is 0.588. The number of ether oxygens (including phenoxy) is 1. The quantitative estimate of drug-likeness (QED) is 0.896. The second kappa shape index (κ2) is 7.11. The molecule has 2 rings (SSSR count). The number of carbonyl (C=O) groups is 1. The van der Waals surface area contributed by atoms with Gasteiger partial charge in [-0.25, -0.2) is 4.79 Å². The maximum Gasteiger partial charge on any atom is 0.410 e. The fourth-order valence-electron chi connectivity index (χ4n) is 2.44. The van der Waals surface area contributed by atoms with E-state index in [1.165, 1.54) is 5.56 Å². The van der Waals surface area contributed by atoms with Crippen LogP contribution in [-0.2, 0) is 17.9 Å². The first kappa shape index (κ1) is 16.8. The van der Waals surface area contributed by atoms with Gasteiger partial charge < -0.3 is 20.1 Å². The van der Waals surface area contributed by atoms with E-state index in [-0.39, 0.29) is 12.7 Å². The Morgan fingerprint density at radius 2 is 1.95 bits per heavy atom. The van der Waals surface area contributed by atoms with Crippen LogP contribution in [0.25, 0.3) is 0 Å². The molecule has 0 bridgehead atoms. The summed E-state index contributed by atoms with van der Waals surface area (Å²) in [5, 5.41) is 12.5. The monoisotopic (exact) mass is 306 g/mol. The molecule has 2 N–H and O–H groups in total. The lowest BCUT2D eigenvalue weighted by Gasteiger charge is -2.24. The van der Waals surface area contributed by atoms with Gasteiger partial charge in [-0.15, -0.1) is 0 Å². The molecule has 0 saturated carbocycles. The molecule has 1 unspecified atom stereocenters. The maximum atomic E-state index is 12.0. The Hall–Kier alpha value is -1.59. The second-order valence-electron chi connectivity index (χ2n) is 6.77. The van der Waals surface area contributed by atoms with Gasteiger partial charge in [0.25, 0.3) is 0 Å². The van der Waals surface area contributed by atoms with Gasteiger partial charge in [0.05, 0.1) is 6.61 Å². The number of aliphatic hydroxyl groups excluding tert-OH is 1. The Morgan fingerprint density at radius 3 is 2.55 bits per heavy atom. The molecule has 1 fully saturated rings. The first-order chi connectivity index (χ1) is 10.4. The number of amides is 1. The summed E-state index contributed by atoms with van der Waals surface area (Å²) < 4.78 is 5.39. The van der Waals surface area contributed by atoms with E-state index in [2.05, 4.69) is 5.32 Å². The number of aliphatic hydroxyl groups is 1. The van der Waals surface area contributed by atoms with Crippen LogP contribution in [-0.4, -0.2) is 40.8 Å². The summed E-state index contributed by atoms with van der Waals surface area (Å²) in [6.45, 7) is 7.89. The summed E-state index contributed by atoms with van der Waals surface area (Å²) in [7, 11) is 0. The molecule has 5 nitrogen and oxygen atoms in total. The topological polar surface area (TPSA) is 61.8 Å². The molecular weight excluding hydrogens is 280 g/mol. The van der Waals surface area contributed by atoms with Gasteiger partial charge in [0, 0.05) is 25.7 Å². The van der Waals surface area contributed by atoms with Crippen LogP contribution in [0.5, 0.6) is 0 Å². The molecule has 122 valence electrons. The van der Waals surface area contributed by atoms with Crippen molar-refractivity contribution >= 4 is 6.09 Å². The molecule has 5 heteroatoms. The lowest BCUT2D eigenvalue weighted by atomic mass is 10.1. The zero-order valence-electron chi connectivity index (χ0n) is 13.6. The third kappa shape index (κ3) is 5.00. The normalized spacial score (nSPS) is 18.5. The molecule has 1 atom stereocenters. The first-order valence-electron chi connectivity index (χ1n) is 7.77. The number of carbonyl (C=O) groups excluding carboxylic acids is 1. The molecule has 22 heavy (non-hydrogen) atoms. The minimum atomic E-state index is -0.447. The van der Waals surface area contributed by atoms with E-state index in [0.29, 0.717) is 12.6 Å². The van der Waals surface area contributed by atoms with Crippen molar-refractivity contribution in [3.63, 3.8) is 0 Å². The SMILES string of the molecule is CC(C)(C)OC(=O)N1CCC(NCc2ccc(CO)cc2)C1. The van der Waals surface area contributed by atoms with E-state index in [1.54, 1.807) is 4.90 Å². The number of rotatable bonds is 4. The van der Waals surface area contributed by atoms with Crippen molar-refractivity contribution in [2.24, 2.45) is 0 Å².